The van der Waals surface area contributed by atoms with Crippen molar-refractivity contribution in [1.82, 2.24) is 0 Å². The molecule has 0 unspecified atom stereocenters. The summed E-state index contributed by atoms with van der Waals surface area (Å²) >= 11 is 6.48. The average molecular weight is 394 g/mol. The predicted octanol–water partition coefficient (Wildman–Crippen LogP) is 2.82. The third-order valence-electron chi connectivity index (χ3n) is 4.70. The second-order valence-corrected chi connectivity index (χ2v) is 6.55. The number of ketones is 1. The van der Waals surface area contributed by atoms with Gasteiger partial charge in [0.2, 0.25) is 5.88 Å². The van der Waals surface area contributed by atoms with E-state index in [0.29, 0.717) is 52.7 Å². The van der Waals surface area contributed by atoms with Crippen LogP contribution >= 0.6 is 11.6 Å². The van der Waals surface area contributed by atoms with Crippen LogP contribution in [0.25, 0.3) is 0 Å². The lowest BCUT2D eigenvalue weighted by molar-refractivity contribution is -0.136. The molecule has 0 amide bonds. The van der Waals surface area contributed by atoms with Gasteiger partial charge in [0.05, 0.1) is 27.2 Å². The molecule has 144 valence electrons. The van der Waals surface area contributed by atoms with Gasteiger partial charge in [0, 0.05) is 29.5 Å². The zero-order valence-electron chi connectivity index (χ0n) is 15.3. The van der Waals surface area contributed by atoms with E-state index in [0.717, 1.165) is 0 Å². The Labute approximate surface area is 161 Å². The molecule has 1 aliphatic carbocycles. The molecule has 1 heterocycles. The Kier molecular flexibility index (Phi) is 5.32. The summed E-state index contributed by atoms with van der Waals surface area (Å²) in [7, 11) is 4.22. The number of esters is 1. The van der Waals surface area contributed by atoms with Crippen LogP contribution in [0.1, 0.15) is 30.7 Å². The minimum atomic E-state index is -0.804. The number of nitrogens with two attached hydrogens (primary N) is 1. The second kappa shape index (κ2) is 7.52. The molecule has 0 spiro atoms. The molecule has 7 nitrogen and oxygen atoms in total. The standard InChI is InChI=1S/C19H20ClNO6/c1-24-13-7-9(10(20)8-14(13)25-2)15-16-11(22)5-4-6-12(16)27-18(21)17(15)19(23)26-3/h7-8,15H,4-6,21H2,1-3H3/t15-/m1/s1. The molecule has 2 N–H and O–H groups in total. The molecule has 3 rings (SSSR count). The summed E-state index contributed by atoms with van der Waals surface area (Å²) in [6.45, 7) is 0. The molecule has 1 aliphatic heterocycles. The minimum Gasteiger partial charge on any atom is -0.493 e. The van der Waals surface area contributed by atoms with Gasteiger partial charge in [0.25, 0.3) is 0 Å². The molecule has 1 atom stereocenters. The molecule has 27 heavy (non-hydrogen) atoms. The van der Waals surface area contributed by atoms with Gasteiger partial charge in [-0.05, 0) is 18.1 Å². The van der Waals surface area contributed by atoms with Crippen molar-refractivity contribution < 1.29 is 28.5 Å². The van der Waals surface area contributed by atoms with Gasteiger partial charge in [-0.15, -0.1) is 0 Å². The number of rotatable bonds is 4. The second-order valence-electron chi connectivity index (χ2n) is 6.15. The Balaban J connectivity index is 2.27. The zero-order valence-corrected chi connectivity index (χ0v) is 16.0. The Morgan fingerprint density at radius 2 is 1.85 bits per heavy atom. The maximum absolute atomic E-state index is 12.7. The number of hydrogen-bond acceptors (Lipinski definition) is 7. The van der Waals surface area contributed by atoms with Crippen molar-refractivity contribution in [3.8, 4) is 11.5 Å². The Hall–Kier alpha value is -2.67. The highest BCUT2D eigenvalue weighted by atomic mass is 35.5. The van der Waals surface area contributed by atoms with Crippen LogP contribution in [-0.2, 0) is 19.1 Å². The van der Waals surface area contributed by atoms with Crippen molar-refractivity contribution in [1.29, 1.82) is 0 Å². The summed E-state index contributed by atoms with van der Waals surface area (Å²) in [6.07, 6.45) is 1.57. The number of ether oxygens (including phenoxy) is 4. The van der Waals surface area contributed by atoms with Crippen LogP contribution in [0.2, 0.25) is 5.02 Å². The quantitative estimate of drug-likeness (QED) is 0.785. The van der Waals surface area contributed by atoms with E-state index in [1.807, 2.05) is 0 Å². The molecule has 0 saturated heterocycles. The summed E-state index contributed by atoms with van der Waals surface area (Å²) in [5.41, 5.74) is 6.94. The molecular formula is C19H20ClNO6. The van der Waals surface area contributed by atoms with Gasteiger partial charge in [0.1, 0.15) is 11.3 Å². The lowest BCUT2D eigenvalue weighted by atomic mass is 9.77. The highest BCUT2D eigenvalue weighted by Gasteiger charge is 2.42. The summed E-state index contributed by atoms with van der Waals surface area (Å²) in [5.74, 6) is -0.385. The molecular weight excluding hydrogens is 374 g/mol. The van der Waals surface area contributed by atoms with E-state index in [1.54, 1.807) is 12.1 Å². The highest BCUT2D eigenvalue weighted by molar-refractivity contribution is 6.32. The first kappa shape index (κ1) is 19.1. The van der Waals surface area contributed by atoms with E-state index in [1.165, 1.54) is 21.3 Å². The molecule has 8 heteroatoms. The number of halogens is 1. The monoisotopic (exact) mass is 393 g/mol. The number of carbonyl (C=O) groups is 2. The summed E-state index contributed by atoms with van der Waals surface area (Å²) in [4.78, 5) is 25.2. The Morgan fingerprint density at radius 3 is 2.48 bits per heavy atom. The van der Waals surface area contributed by atoms with Gasteiger partial charge in [0.15, 0.2) is 17.3 Å². The largest absolute Gasteiger partial charge is 0.493 e. The Morgan fingerprint density at radius 1 is 1.19 bits per heavy atom. The molecule has 0 fully saturated rings. The van der Waals surface area contributed by atoms with E-state index in [9.17, 15) is 9.59 Å². The number of benzene rings is 1. The Bertz CT molecular complexity index is 873. The van der Waals surface area contributed by atoms with Gasteiger partial charge >= 0.3 is 5.97 Å². The fraction of sp³-hybridized carbons (Fsp3) is 0.368. The van der Waals surface area contributed by atoms with Crippen molar-refractivity contribution in [2.75, 3.05) is 21.3 Å². The van der Waals surface area contributed by atoms with Crippen LogP contribution in [0, 0.1) is 0 Å². The van der Waals surface area contributed by atoms with Crippen molar-refractivity contribution in [2.45, 2.75) is 25.2 Å². The third-order valence-corrected chi connectivity index (χ3v) is 5.03. The van der Waals surface area contributed by atoms with Crippen LogP contribution < -0.4 is 15.2 Å². The lowest BCUT2D eigenvalue weighted by Crippen LogP contribution is -2.31. The lowest BCUT2D eigenvalue weighted by Gasteiger charge is -2.32. The van der Waals surface area contributed by atoms with Gasteiger partial charge in [-0.25, -0.2) is 4.79 Å². The first-order valence-electron chi connectivity index (χ1n) is 8.36. The smallest absolute Gasteiger partial charge is 0.340 e. The number of hydrogen-bond donors (Lipinski definition) is 1. The van der Waals surface area contributed by atoms with E-state index >= 15 is 0 Å². The van der Waals surface area contributed by atoms with E-state index in [4.69, 9.17) is 36.3 Å². The van der Waals surface area contributed by atoms with Crippen molar-refractivity contribution >= 4 is 23.4 Å². The number of carbonyl (C=O) groups excluding carboxylic acids is 2. The molecule has 0 radical (unpaired) electrons. The maximum atomic E-state index is 12.7. The molecule has 1 aromatic carbocycles. The highest BCUT2D eigenvalue weighted by Crippen LogP contribution is 2.48. The van der Waals surface area contributed by atoms with Crippen LogP contribution in [0.4, 0.5) is 0 Å². The fourth-order valence-corrected chi connectivity index (χ4v) is 3.73. The average Bonchev–Trinajstić information content (AvgIpc) is 2.66. The number of methoxy groups -OCH3 is 3. The van der Waals surface area contributed by atoms with Gasteiger partial charge in [-0.2, -0.15) is 0 Å². The fourth-order valence-electron chi connectivity index (χ4n) is 3.47. The van der Waals surface area contributed by atoms with Gasteiger partial charge in [-0.3, -0.25) is 4.79 Å². The van der Waals surface area contributed by atoms with Crippen LogP contribution in [0.3, 0.4) is 0 Å². The number of allylic oxidation sites excluding steroid dienone is 2. The molecule has 1 aromatic rings. The van der Waals surface area contributed by atoms with Crippen LogP contribution in [0.15, 0.2) is 34.9 Å². The minimum absolute atomic E-state index is 0.0422. The SMILES string of the molecule is COC(=O)C1=C(N)OC2=C(C(=O)CCC2)[C@H]1c1cc(OC)c(OC)cc1Cl. The van der Waals surface area contributed by atoms with Crippen molar-refractivity contribution in [3.63, 3.8) is 0 Å². The van der Waals surface area contributed by atoms with Gasteiger partial charge < -0.3 is 24.7 Å². The molecule has 0 bridgehead atoms. The first-order chi connectivity index (χ1) is 12.9. The van der Waals surface area contributed by atoms with Crippen LogP contribution in [-0.4, -0.2) is 33.1 Å². The third kappa shape index (κ3) is 3.23. The van der Waals surface area contributed by atoms with Crippen molar-refractivity contribution in [2.24, 2.45) is 5.73 Å². The van der Waals surface area contributed by atoms with E-state index in [2.05, 4.69) is 0 Å². The maximum Gasteiger partial charge on any atom is 0.340 e. The zero-order chi connectivity index (χ0) is 19.7. The van der Waals surface area contributed by atoms with E-state index < -0.39 is 11.9 Å². The molecule has 0 aromatic heterocycles. The number of Topliss-reactive ketones (excluding diaryl/α,β-unsaturated/α-hetero) is 1. The predicted molar refractivity (Wildman–Crippen MR) is 97.5 cm³/mol. The summed E-state index contributed by atoms with van der Waals surface area (Å²) in [5, 5.41) is 0.305. The topological polar surface area (TPSA) is 97.1 Å². The molecule has 2 aliphatic rings. The molecule has 0 saturated carbocycles. The first-order valence-corrected chi connectivity index (χ1v) is 8.74. The van der Waals surface area contributed by atoms with Crippen LogP contribution in [0.5, 0.6) is 11.5 Å². The normalized spacial score (nSPS) is 19.4. The summed E-state index contributed by atoms with van der Waals surface area (Å²) in [6, 6.07) is 3.21. The van der Waals surface area contributed by atoms with Crippen molar-refractivity contribution in [3.05, 3.63) is 45.5 Å². The van der Waals surface area contributed by atoms with Gasteiger partial charge in [-0.1, -0.05) is 11.6 Å². The summed E-state index contributed by atoms with van der Waals surface area (Å²) < 4.78 is 21.1. The van der Waals surface area contributed by atoms with E-state index in [-0.39, 0.29) is 17.2 Å².